The summed E-state index contributed by atoms with van der Waals surface area (Å²) in [5.41, 5.74) is 1.59. The number of benzene rings is 1. The smallest absolute Gasteiger partial charge is 0.295 e. The van der Waals surface area contributed by atoms with E-state index in [1.165, 1.54) is 10.6 Å². The van der Waals surface area contributed by atoms with Crippen LogP contribution in [0, 0.1) is 19.7 Å². The van der Waals surface area contributed by atoms with Gasteiger partial charge in [0.15, 0.2) is 0 Å². The van der Waals surface area contributed by atoms with Crippen molar-refractivity contribution in [1.29, 1.82) is 0 Å². The van der Waals surface area contributed by atoms with Gasteiger partial charge in [-0.3, -0.25) is 4.79 Å². The van der Waals surface area contributed by atoms with Crippen molar-refractivity contribution >= 4 is 27.4 Å². The zero-order chi connectivity index (χ0) is 21.5. The monoisotopic (exact) mass is 434 g/mol. The number of hydrogen-bond donors (Lipinski definition) is 1. The first-order chi connectivity index (χ1) is 14.3. The molecule has 4 rings (SSSR count). The van der Waals surface area contributed by atoms with Crippen LogP contribution in [0.5, 0.6) is 0 Å². The normalized spacial score (nSPS) is 15.4. The fourth-order valence-corrected chi connectivity index (χ4v) is 4.65. The molecule has 12 heteroatoms. The van der Waals surface area contributed by atoms with E-state index in [9.17, 15) is 17.6 Å². The minimum absolute atomic E-state index is 0.105. The van der Waals surface area contributed by atoms with Crippen molar-refractivity contribution in [2.24, 2.45) is 0 Å². The Morgan fingerprint density at radius 1 is 1.17 bits per heavy atom. The minimum Gasteiger partial charge on any atom is -0.379 e. The number of aryl methyl sites for hydroxylation is 2. The number of fused-ring (bicyclic) bond motifs is 1. The third kappa shape index (κ3) is 3.76. The minimum atomic E-state index is -4.06. The van der Waals surface area contributed by atoms with Crippen molar-refractivity contribution in [3.8, 4) is 0 Å². The molecule has 0 aliphatic carbocycles. The van der Waals surface area contributed by atoms with Gasteiger partial charge in [-0.05, 0) is 38.1 Å². The number of halogens is 1. The number of amides is 1. The van der Waals surface area contributed by atoms with Gasteiger partial charge in [-0.2, -0.15) is 9.29 Å². The van der Waals surface area contributed by atoms with Crippen LogP contribution in [0.1, 0.15) is 22.0 Å². The molecule has 10 nitrogen and oxygen atoms in total. The summed E-state index contributed by atoms with van der Waals surface area (Å²) in [6, 6.07) is 5.15. The molecule has 1 N–H and O–H groups in total. The number of nitrogens with zero attached hydrogens (tertiary/aromatic N) is 5. The maximum atomic E-state index is 14.3. The highest BCUT2D eigenvalue weighted by atomic mass is 32.2. The summed E-state index contributed by atoms with van der Waals surface area (Å²) in [4.78, 5) is 20.4. The molecule has 0 bridgehead atoms. The van der Waals surface area contributed by atoms with E-state index in [2.05, 4.69) is 20.4 Å². The van der Waals surface area contributed by atoms with E-state index in [1.54, 1.807) is 19.9 Å². The van der Waals surface area contributed by atoms with E-state index in [0.717, 1.165) is 27.8 Å². The van der Waals surface area contributed by atoms with Crippen molar-refractivity contribution < 1.29 is 22.3 Å². The van der Waals surface area contributed by atoms with E-state index in [1.807, 2.05) is 0 Å². The Morgan fingerprint density at radius 2 is 1.90 bits per heavy atom. The highest BCUT2D eigenvalue weighted by molar-refractivity contribution is 7.89. The molecule has 0 atom stereocenters. The average Bonchev–Trinajstić information content (AvgIpc) is 3.14. The molecular weight excluding hydrogens is 415 g/mol. The highest BCUT2D eigenvalue weighted by Crippen LogP contribution is 2.24. The number of morpholine rings is 1. The third-order valence-electron chi connectivity index (χ3n) is 4.60. The number of ether oxygens (including phenoxy) is 1. The zero-order valence-corrected chi connectivity index (χ0v) is 17.1. The third-order valence-corrected chi connectivity index (χ3v) is 6.51. The summed E-state index contributed by atoms with van der Waals surface area (Å²) in [7, 11) is -4.06. The van der Waals surface area contributed by atoms with Crippen molar-refractivity contribution in [3.05, 3.63) is 47.3 Å². The number of hydrogen-bond acceptors (Lipinski definition) is 7. The molecule has 1 amide bonds. The molecule has 3 heterocycles. The largest absolute Gasteiger partial charge is 0.379 e. The molecule has 158 valence electrons. The van der Waals surface area contributed by atoms with Crippen molar-refractivity contribution in [2.75, 3.05) is 31.6 Å². The zero-order valence-electron chi connectivity index (χ0n) is 16.3. The summed E-state index contributed by atoms with van der Waals surface area (Å²) in [5.74, 6) is -1.44. The van der Waals surface area contributed by atoms with Crippen LogP contribution >= 0.6 is 0 Å². The second kappa shape index (κ2) is 7.70. The Kier molecular flexibility index (Phi) is 5.22. The predicted octanol–water partition coefficient (Wildman–Crippen LogP) is 1.15. The summed E-state index contributed by atoms with van der Waals surface area (Å²) in [6.45, 7) is 4.36. The number of carbonyl (C=O) groups is 1. The van der Waals surface area contributed by atoms with E-state index in [4.69, 9.17) is 4.74 Å². The number of sulfonamides is 1. The number of aromatic nitrogens is 4. The molecule has 0 saturated carbocycles. The number of rotatable bonds is 4. The van der Waals surface area contributed by atoms with Gasteiger partial charge in [0.05, 0.1) is 13.2 Å². The van der Waals surface area contributed by atoms with Gasteiger partial charge in [0, 0.05) is 30.2 Å². The van der Waals surface area contributed by atoms with Crippen molar-refractivity contribution in [1.82, 2.24) is 23.9 Å². The molecule has 0 spiro atoms. The molecule has 0 radical (unpaired) electrons. The van der Waals surface area contributed by atoms with Gasteiger partial charge < -0.3 is 10.1 Å². The van der Waals surface area contributed by atoms with Gasteiger partial charge in [0.25, 0.3) is 11.7 Å². The Bertz CT molecular complexity index is 1240. The number of anilines is 1. The Morgan fingerprint density at radius 3 is 2.63 bits per heavy atom. The lowest BCUT2D eigenvalue weighted by molar-refractivity contribution is 0.0729. The molecule has 0 unspecified atom stereocenters. The van der Waals surface area contributed by atoms with Crippen molar-refractivity contribution in [3.63, 3.8) is 0 Å². The fourth-order valence-electron chi connectivity index (χ4n) is 3.15. The quantitative estimate of drug-likeness (QED) is 0.654. The van der Waals surface area contributed by atoms with Crippen LogP contribution in [0.3, 0.4) is 0 Å². The van der Waals surface area contributed by atoms with Crippen LogP contribution < -0.4 is 5.32 Å². The number of carbonyl (C=O) groups excluding carboxylic acids is 1. The average molecular weight is 434 g/mol. The Balaban J connectivity index is 1.62. The lowest BCUT2D eigenvalue weighted by atomic mass is 10.3. The number of nitrogens with one attached hydrogen (secondary N) is 1. The molecule has 1 aliphatic rings. The summed E-state index contributed by atoms with van der Waals surface area (Å²) in [5, 5.41) is 6.64. The van der Waals surface area contributed by atoms with Crippen LogP contribution in [-0.2, 0) is 14.8 Å². The molecule has 1 fully saturated rings. The van der Waals surface area contributed by atoms with Crippen LogP contribution in [0.2, 0.25) is 0 Å². The Labute approximate surface area is 171 Å². The standard InChI is InChI=1S/C18H19FN6O4S/c1-11-9-12(2)25-18(20-11)22-16(23-25)17(26)21-13-3-4-14(19)15(10-13)30(27,28)24-5-7-29-8-6-24/h3-4,9-10H,5-8H2,1-2H3,(H,21,26). The molecule has 30 heavy (non-hydrogen) atoms. The van der Waals surface area contributed by atoms with Crippen LogP contribution in [0.4, 0.5) is 10.1 Å². The maximum Gasteiger partial charge on any atom is 0.295 e. The SMILES string of the molecule is Cc1cc(C)n2nc(C(=O)Nc3ccc(F)c(S(=O)(=O)N4CCOCC4)c3)nc2n1. The molecular formula is C18H19FN6O4S. The fraction of sp³-hybridized carbons (Fsp3) is 0.333. The van der Waals surface area contributed by atoms with Crippen LogP contribution in [0.15, 0.2) is 29.2 Å². The van der Waals surface area contributed by atoms with Gasteiger partial charge in [-0.1, -0.05) is 0 Å². The maximum absolute atomic E-state index is 14.3. The molecule has 1 aliphatic heterocycles. The molecule has 2 aromatic heterocycles. The lowest BCUT2D eigenvalue weighted by Gasteiger charge is -2.26. The second-order valence-electron chi connectivity index (χ2n) is 6.80. The van der Waals surface area contributed by atoms with E-state index in [0.29, 0.717) is 0 Å². The van der Waals surface area contributed by atoms with Gasteiger partial charge >= 0.3 is 0 Å². The molecule has 1 aromatic carbocycles. The molecule has 3 aromatic rings. The first-order valence-electron chi connectivity index (χ1n) is 9.15. The van der Waals surface area contributed by atoms with E-state index >= 15 is 0 Å². The van der Waals surface area contributed by atoms with Gasteiger partial charge in [-0.25, -0.2) is 22.3 Å². The summed E-state index contributed by atoms with van der Waals surface area (Å²) in [6.07, 6.45) is 0. The van der Waals surface area contributed by atoms with E-state index < -0.39 is 26.6 Å². The topological polar surface area (TPSA) is 119 Å². The second-order valence-corrected chi connectivity index (χ2v) is 8.71. The first-order valence-corrected chi connectivity index (χ1v) is 10.6. The lowest BCUT2D eigenvalue weighted by Crippen LogP contribution is -2.40. The highest BCUT2D eigenvalue weighted by Gasteiger charge is 2.29. The van der Waals surface area contributed by atoms with Gasteiger partial charge in [0.1, 0.15) is 10.7 Å². The van der Waals surface area contributed by atoms with Gasteiger partial charge in [-0.15, -0.1) is 5.10 Å². The van der Waals surface area contributed by atoms with Crippen molar-refractivity contribution in [2.45, 2.75) is 18.7 Å². The molecule has 1 saturated heterocycles. The Hall–Kier alpha value is -2.96. The summed E-state index contributed by atoms with van der Waals surface area (Å²) >= 11 is 0. The van der Waals surface area contributed by atoms with E-state index in [-0.39, 0.29) is 43.6 Å². The first kappa shape index (κ1) is 20.3. The predicted molar refractivity (Wildman–Crippen MR) is 104 cm³/mol. The van der Waals surface area contributed by atoms with Gasteiger partial charge in [0.2, 0.25) is 15.8 Å². The summed E-state index contributed by atoms with van der Waals surface area (Å²) < 4.78 is 47.6. The van der Waals surface area contributed by atoms with Crippen LogP contribution in [0.25, 0.3) is 5.78 Å². The van der Waals surface area contributed by atoms with Crippen LogP contribution in [-0.4, -0.2) is 64.5 Å².